The lowest BCUT2D eigenvalue weighted by molar-refractivity contribution is -0.384. The zero-order chi connectivity index (χ0) is 17.8. The molecular formula is C19H13NO5. The van der Waals surface area contributed by atoms with Crippen molar-refractivity contribution in [2.45, 2.75) is 0 Å². The number of non-ortho nitro benzene ring substituents is 1. The van der Waals surface area contributed by atoms with Crippen LogP contribution in [0, 0.1) is 10.1 Å². The molecule has 0 aliphatic carbocycles. The van der Waals surface area contributed by atoms with E-state index in [4.69, 9.17) is 4.74 Å². The number of carbonyl (C=O) groups excluding carboxylic acids is 1. The van der Waals surface area contributed by atoms with Crippen LogP contribution in [0.2, 0.25) is 0 Å². The van der Waals surface area contributed by atoms with Crippen LogP contribution in [0.1, 0.15) is 15.9 Å². The summed E-state index contributed by atoms with van der Waals surface area (Å²) in [5.74, 6) is 0.205. The number of phenolic OH excluding ortho intramolecular Hbond substituents is 1. The molecule has 3 aromatic carbocycles. The maximum absolute atomic E-state index is 12.4. The third kappa shape index (κ3) is 3.64. The number of ketones is 1. The molecule has 25 heavy (non-hydrogen) atoms. The topological polar surface area (TPSA) is 89.7 Å². The van der Waals surface area contributed by atoms with E-state index in [0.717, 1.165) is 0 Å². The van der Waals surface area contributed by atoms with Gasteiger partial charge in [0.25, 0.3) is 5.69 Å². The molecule has 0 aliphatic heterocycles. The van der Waals surface area contributed by atoms with Crippen molar-refractivity contribution in [1.29, 1.82) is 0 Å². The first-order valence-electron chi connectivity index (χ1n) is 7.39. The molecule has 0 spiro atoms. The van der Waals surface area contributed by atoms with E-state index in [2.05, 4.69) is 0 Å². The molecule has 3 rings (SSSR count). The predicted octanol–water partition coefficient (Wildman–Crippen LogP) is 4.32. The smallest absolute Gasteiger partial charge is 0.269 e. The summed E-state index contributed by atoms with van der Waals surface area (Å²) in [6.45, 7) is 0. The first-order valence-corrected chi connectivity index (χ1v) is 7.39. The molecule has 0 heterocycles. The number of nitro benzene ring substituents is 1. The van der Waals surface area contributed by atoms with Crippen LogP contribution >= 0.6 is 0 Å². The normalized spacial score (nSPS) is 10.2. The summed E-state index contributed by atoms with van der Waals surface area (Å²) in [5, 5.41) is 20.8. The van der Waals surface area contributed by atoms with Crippen molar-refractivity contribution in [3.05, 3.63) is 94.0 Å². The second kappa shape index (κ2) is 6.84. The average molecular weight is 335 g/mol. The minimum Gasteiger partial charge on any atom is -0.507 e. The van der Waals surface area contributed by atoms with E-state index >= 15 is 0 Å². The predicted molar refractivity (Wildman–Crippen MR) is 91.2 cm³/mol. The molecule has 0 bridgehead atoms. The van der Waals surface area contributed by atoms with Crippen molar-refractivity contribution in [3.63, 3.8) is 0 Å². The molecule has 0 saturated carbocycles. The van der Waals surface area contributed by atoms with Crippen LogP contribution in [0.5, 0.6) is 17.2 Å². The average Bonchev–Trinajstić information content (AvgIpc) is 2.62. The number of rotatable bonds is 5. The van der Waals surface area contributed by atoms with Crippen LogP contribution in [0.15, 0.2) is 72.8 Å². The molecule has 1 N–H and O–H groups in total. The van der Waals surface area contributed by atoms with Gasteiger partial charge in [-0.05, 0) is 24.3 Å². The number of aromatic hydroxyl groups is 1. The third-order valence-electron chi connectivity index (χ3n) is 3.53. The van der Waals surface area contributed by atoms with Gasteiger partial charge in [-0.3, -0.25) is 14.9 Å². The number of carbonyl (C=O) groups is 1. The summed E-state index contributed by atoms with van der Waals surface area (Å²) in [6, 6.07) is 18.6. The molecular weight excluding hydrogens is 322 g/mol. The van der Waals surface area contributed by atoms with Gasteiger partial charge in [0.05, 0.1) is 10.5 Å². The summed E-state index contributed by atoms with van der Waals surface area (Å²) >= 11 is 0. The Labute approximate surface area is 143 Å². The molecule has 124 valence electrons. The number of hydrogen-bond acceptors (Lipinski definition) is 5. The first-order chi connectivity index (χ1) is 12.0. The summed E-state index contributed by atoms with van der Waals surface area (Å²) in [7, 11) is 0. The van der Waals surface area contributed by atoms with Crippen LogP contribution < -0.4 is 4.74 Å². The largest absolute Gasteiger partial charge is 0.507 e. The highest BCUT2D eigenvalue weighted by molar-refractivity contribution is 6.10. The van der Waals surface area contributed by atoms with E-state index in [1.54, 1.807) is 36.4 Å². The lowest BCUT2D eigenvalue weighted by Gasteiger charge is -2.08. The van der Waals surface area contributed by atoms with Gasteiger partial charge < -0.3 is 9.84 Å². The van der Waals surface area contributed by atoms with Gasteiger partial charge in [0.15, 0.2) is 5.78 Å². The zero-order valence-electron chi connectivity index (χ0n) is 13.0. The van der Waals surface area contributed by atoms with Crippen molar-refractivity contribution in [3.8, 4) is 17.2 Å². The highest BCUT2D eigenvalue weighted by atomic mass is 16.6. The quantitative estimate of drug-likeness (QED) is 0.426. The van der Waals surface area contributed by atoms with Gasteiger partial charge in [-0.1, -0.05) is 30.3 Å². The maximum Gasteiger partial charge on any atom is 0.269 e. The number of phenols is 1. The molecule has 0 fully saturated rings. The van der Waals surface area contributed by atoms with E-state index in [1.165, 1.54) is 36.4 Å². The molecule has 0 amide bonds. The Morgan fingerprint density at radius 2 is 1.56 bits per heavy atom. The van der Waals surface area contributed by atoms with Gasteiger partial charge in [0.2, 0.25) is 0 Å². The standard InChI is InChI=1S/C19H13NO5/c21-18-12-16(25-15-8-6-14(7-9-15)20(23)24)10-11-17(18)19(22)13-4-2-1-3-5-13/h1-12,21H. The Hall–Kier alpha value is -3.67. The van der Waals surface area contributed by atoms with Crippen molar-refractivity contribution >= 4 is 11.5 Å². The van der Waals surface area contributed by atoms with Crippen molar-refractivity contribution in [2.75, 3.05) is 0 Å². The molecule has 6 heteroatoms. The van der Waals surface area contributed by atoms with Crippen LogP contribution in [0.25, 0.3) is 0 Å². The highest BCUT2D eigenvalue weighted by Gasteiger charge is 2.14. The Morgan fingerprint density at radius 1 is 0.920 bits per heavy atom. The summed E-state index contributed by atoms with van der Waals surface area (Å²) in [5.41, 5.74) is 0.600. The summed E-state index contributed by atoms with van der Waals surface area (Å²) < 4.78 is 5.54. The first kappa shape index (κ1) is 16.2. The monoisotopic (exact) mass is 335 g/mol. The van der Waals surface area contributed by atoms with Gasteiger partial charge >= 0.3 is 0 Å². The maximum atomic E-state index is 12.4. The molecule has 0 radical (unpaired) electrons. The number of nitrogens with zero attached hydrogens (tertiary/aromatic N) is 1. The number of benzene rings is 3. The van der Waals surface area contributed by atoms with Gasteiger partial charge in [-0.2, -0.15) is 0 Å². The molecule has 0 unspecified atom stereocenters. The van der Waals surface area contributed by atoms with Crippen LogP contribution in [-0.4, -0.2) is 15.8 Å². The SMILES string of the molecule is O=C(c1ccccc1)c1ccc(Oc2ccc([N+](=O)[O-])cc2)cc1O. The Morgan fingerprint density at radius 3 is 2.16 bits per heavy atom. The number of nitro groups is 1. The highest BCUT2D eigenvalue weighted by Crippen LogP contribution is 2.29. The zero-order valence-corrected chi connectivity index (χ0v) is 13.0. The third-order valence-corrected chi connectivity index (χ3v) is 3.53. The van der Waals surface area contributed by atoms with E-state index in [1.807, 2.05) is 0 Å². The molecule has 0 aliphatic rings. The van der Waals surface area contributed by atoms with Crippen LogP contribution in [0.4, 0.5) is 5.69 Å². The fraction of sp³-hybridized carbons (Fsp3) is 0. The van der Waals surface area contributed by atoms with E-state index in [0.29, 0.717) is 17.1 Å². The molecule has 6 nitrogen and oxygen atoms in total. The van der Waals surface area contributed by atoms with Gasteiger partial charge in [0, 0.05) is 23.8 Å². The number of hydrogen-bond donors (Lipinski definition) is 1. The minimum absolute atomic E-state index is 0.0426. The Kier molecular flexibility index (Phi) is 4.43. The molecule has 3 aromatic rings. The van der Waals surface area contributed by atoms with Gasteiger partial charge in [0.1, 0.15) is 17.2 Å². The van der Waals surface area contributed by atoms with E-state index < -0.39 is 4.92 Å². The molecule has 0 saturated heterocycles. The van der Waals surface area contributed by atoms with Crippen LogP contribution in [0.3, 0.4) is 0 Å². The molecule has 0 aromatic heterocycles. The Balaban J connectivity index is 1.80. The minimum atomic E-state index is -0.500. The van der Waals surface area contributed by atoms with E-state index in [9.17, 15) is 20.0 Å². The van der Waals surface area contributed by atoms with Crippen molar-refractivity contribution in [2.24, 2.45) is 0 Å². The fourth-order valence-electron chi connectivity index (χ4n) is 2.28. The number of ether oxygens (including phenoxy) is 1. The summed E-state index contributed by atoms with van der Waals surface area (Å²) in [4.78, 5) is 22.5. The molecule has 0 atom stereocenters. The van der Waals surface area contributed by atoms with Gasteiger partial charge in [-0.15, -0.1) is 0 Å². The lowest BCUT2D eigenvalue weighted by Crippen LogP contribution is -2.01. The second-order valence-corrected chi connectivity index (χ2v) is 5.23. The van der Waals surface area contributed by atoms with Gasteiger partial charge in [-0.25, -0.2) is 0 Å². The second-order valence-electron chi connectivity index (χ2n) is 5.23. The van der Waals surface area contributed by atoms with Crippen molar-refractivity contribution < 1.29 is 19.6 Å². The fourth-order valence-corrected chi connectivity index (χ4v) is 2.28. The van der Waals surface area contributed by atoms with E-state index in [-0.39, 0.29) is 22.8 Å². The Bertz CT molecular complexity index is 920. The summed E-state index contributed by atoms with van der Waals surface area (Å²) in [6.07, 6.45) is 0. The van der Waals surface area contributed by atoms with Crippen LogP contribution in [-0.2, 0) is 0 Å². The lowest BCUT2D eigenvalue weighted by atomic mass is 10.0. The van der Waals surface area contributed by atoms with Crippen molar-refractivity contribution in [1.82, 2.24) is 0 Å².